The van der Waals surface area contributed by atoms with Crippen molar-refractivity contribution in [1.82, 2.24) is 15.0 Å². The van der Waals surface area contributed by atoms with Crippen molar-refractivity contribution >= 4 is 28.8 Å². The normalized spacial score (nSPS) is 23.6. The predicted molar refractivity (Wildman–Crippen MR) is 133 cm³/mol. The molecule has 0 bridgehead atoms. The molecule has 1 saturated carbocycles. The SMILES string of the molecule is Cc1ccc2c(-c3ccc(Cl)cc3F)nc([C@H]3C[C@H](C)O[C@@H](/C(C=NC4CC4)=C/N)C3)nc2n1. The van der Waals surface area contributed by atoms with Gasteiger partial charge in [-0.1, -0.05) is 11.6 Å². The summed E-state index contributed by atoms with van der Waals surface area (Å²) in [5.41, 5.74) is 9.07. The van der Waals surface area contributed by atoms with Gasteiger partial charge in [-0.15, -0.1) is 0 Å². The summed E-state index contributed by atoms with van der Waals surface area (Å²) < 4.78 is 21.1. The Balaban J connectivity index is 1.56. The zero-order valence-corrected chi connectivity index (χ0v) is 20.0. The summed E-state index contributed by atoms with van der Waals surface area (Å²) in [4.78, 5) is 18.9. The van der Waals surface area contributed by atoms with Crippen molar-refractivity contribution in [3.63, 3.8) is 0 Å². The Hall–Kier alpha value is -2.90. The smallest absolute Gasteiger partial charge is 0.163 e. The second-order valence-corrected chi connectivity index (χ2v) is 9.59. The fourth-order valence-corrected chi connectivity index (χ4v) is 4.57. The zero-order valence-electron chi connectivity index (χ0n) is 19.2. The van der Waals surface area contributed by atoms with Gasteiger partial charge in [0.2, 0.25) is 0 Å². The number of nitrogens with zero attached hydrogens (tertiary/aromatic N) is 4. The van der Waals surface area contributed by atoms with Crippen molar-refractivity contribution in [2.24, 2.45) is 10.7 Å². The average Bonchev–Trinajstić information content (AvgIpc) is 3.63. The zero-order chi connectivity index (χ0) is 23.8. The maximum Gasteiger partial charge on any atom is 0.163 e. The molecule has 6 nitrogen and oxygen atoms in total. The second-order valence-electron chi connectivity index (χ2n) is 9.16. The van der Waals surface area contributed by atoms with Crippen LogP contribution < -0.4 is 5.73 Å². The average molecular weight is 480 g/mol. The lowest BCUT2D eigenvalue weighted by Crippen LogP contribution is -2.33. The third-order valence-electron chi connectivity index (χ3n) is 6.32. The molecule has 0 amide bonds. The molecule has 1 aromatic carbocycles. The molecule has 3 heterocycles. The molecule has 1 aliphatic heterocycles. The number of ether oxygens (including phenoxy) is 1. The lowest BCUT2D eigenvalue weighted by molar-refractivity contribution is -0.0272. The van der Waals surface area contributed by atoms with Gasteiger partial charge in [-0.2, -0.15) is 0 Å². The van der Waals surface area contributed by atoms with Gasteiger partial charge in [-0.25, -0.2) is 19.3 Å². The standard InChI is InChI=1S/C26H27ClFN5O/c1-14-3-7-21-24(20-8-4-18(27)11-22(20)28)32-25(33-26(21)31-14)16-9-15(2)34-23(10-16)17(12-29)13-30-19-5-6-19/h3-4,7-8,11-13,15-16,19,23H,5-6,9-10,29H2,1-2H3/b17-12+,30-13?/t15-,16-,23+/m0/s1. The number of fused-ring (bicyclic) bond motifs is 1. The van der Waals surface area contributed by atoms with Crippen LogP contribution in [-0.4, -0.2) is 39.4 Å². The van der Waals surface area contributed by atoms with Gasteiger partial charge >= 0.3 is 0 Å². The summed E-state index contributed by atoms with van der Waals surface area (Å²) in [5.74, 6) is 0.200. The number of benzene rings is 1. The lowest BCUT2D eigenvalue weighted by Gasteiger charge is -2.33. The number of aliphatic imine (C=N–C) groups is 1. The topological polar surface area (TPSA) is 86.3 Å². The van der Waals surface area contributed by atoms with Crippen molar-refractivity contribution in [3.8, 4) is 11.3 Å². The van der Waals surface area contributed by atoms with Crippen LogP contribution in [0.2, 0.25) is 5.02 Å². The van der Waals surface area contributed by atoms with Crippen LogP contribution in [0.1, 0.15) is 50.0 Å². The number of halogens is 2. The van der Waals surface area contributed by atoms with E-state index in [1.165, 1.54) is 6.07 Å². The number of pyridine rings is 1. The molecule has 176 valence electrons. The maximum atomic E-state index is 14.9. The molecule has 0 spiro atoms. The van der Waals surface area contributed by atoms with Crippen LogP contribution in [0.25, 0.3) is 22.3 Å². The number of aromatic nitrogens is 3. The highest BCUT2D eigenvalue weighted by Crippen LogP contribution is 2.37. The fourth-order valence-electron chi connectivity index (χ4n) is 4.41. The Morgan fingerprint density at radius 3 is 2.74 bits per heavy atom. The molecular weight excluding hydrogens is 453 g/mol. The molecule has 3 aromatic rings. The highest BCUT2D eigenvalue weighted by Gasteiger charge is 2.33. The van der Waals surface area contributed by atoms with E-state index in [-0.39, 0.29) is 18.1 Å². The minimum absolute atomic E-state index is 0.00107. The lowest BCUT2D eigenvalue weighted by atomic mass is 9.88. The highest BCUT2D eigenvalue weighted by atomic mass is 35.5. The molecule has 34 heavy (non-hydrogen) atoms. The maximum absolute atomic E-state index is 14.9. The van der Waals surface area contributed by atoms with E-state index >= 15 is 0 Å². The Bertz CT molecular complexity index is 1290. The van der Waals surface area contributed by atoms with Crippen molar-refractivity contribution < 1.29 is 9.13 Å². The molecule has 5 rings (SSSR count). The van der Waals surface area contributed by atoms with Crippen LogP contribution in [0.3, 0.4) is 0 Å². The minimum atomic E-state index is -0.429. The summed E-state index contributed by atoms with van der Waals surface area (Å²) in [6.45, 7) is 3.95. The van der Waals surface area contributed by atoms with E-state index in [9.17, 15) is 4.39 Å². The fraction of sp³-hybridized carbons (Fsp3) is 0.385. The Morgan fingerprint density at radius 1 is 1.18 bits per heavy atom. The molecular formula is C26H27ClFN5O. The summed E-state index contributed by atoms with van der Waals surface area (Å²) in [6, 6.07) is 8.80. The molecule has 2 fully saturated rings. The van der Waals surface area contributed by atoms with E-state index in [1.807, 2.05) is 32.2 Å². The van der Waals surface area contributed by atoms with Gasteiger partial charge in [0.15, 0.2) is 5.65 Å². The van der Waals surface area contributed by atoms with E-state index in [2.05, 4.69) is 9.98 Å². The highest BCUT2D eigenvalue weighted by molar-refractivity contribution is 6.30. The third kappa shape index (κ3) is 4.81. The first-order valence-corrected chi connectivity index (χ1v) is 12.0. The third-order valence-corrected chi connectivity index (χ3v) is 6.56. The molecule has 2 aromatic heterocycles. The largest absolute Gasteiger partial charge is 0.404 e. The molecule has 1 aliphatic carbocycles. The summed E-state index contributed by atoms with van der Waals surface area (Å²) in [7, 11) is 0. The first-order chi connectivity index (χ1) is 16.4. The van der Waals surface area contributed by atoms with Crippen LogP contribution in [0.15, 0.2) is 47.1 Å². The van der Waals surface area contributed by atoms with E-state index in [4.69, 9.17) is 32.0 Å². The number of hydrogen-bond acceptors (Lipinski definition) is 6. The Morgan fingerprint density at radius 2 is 2.00 bits per heavy atom. The monoisotopic (exact) mass is 479 g/mol. The van der Waals surface area contributed by atoms with E-state index < -0.39 is 5.82 Å². The molecule has 2 aliphatic rings. The van der Waals surface area contributed by atoms with Crippen LogP contribution in [0.4, 0.5) is 4.39 Å². The van der Waals surface area contributed by atoms with Gasteiger partial charge < -0.3 is 10.5 Å². The molecule has 0 unspecified atom stereocenters. The van der Waals surface area contributed by atoms with Crippen molar-refractivity contribution in [2.45, 2.75) is 63.7 Å². The summed E-state index contributed by atoms with van der Waals surface area (Å²) >= 11 is 6.00. The van der Waals surface area contributed by atoms with Gasteiger partial charge in [-0.05, 0) is 69.9 Å². The van der Waals surface area contributed by atoms with Gasteiger partial charge in [-0.3, -0.25) is 4.99 Å². The summed E-state index contributed by atoms with van der Waals surface area (Å²) in [6.07, 6.45) is 6.85. The van der Waals surface area contributed by atoms with Crippen molar-refractivity contribution in [2.75, 3.05) is 0 Å². The van der Waals surface area contributed by atoms with Crippen LogP contribution in [0, 0.1) is 12.7 Å². The predicted octanol–water partition coefficient (Wildman–Crippen LogP) is 5.52. The van der Waals surface area contributed by atoms with Gasteiger partial charge in [0, 0.05) is 45.6 Å². The van der Waals surface area contributed by atoms with E-state index in [0.29, 0.717) is 45.6 Å². The Labute approximate surface area is 203 Å². The second kappa shape index (κ2) is 9.39. The molecule has 3 atom stereocenters. The molecule has 0 radical (unpaired) electrons. The molecule has 2 N–H and O–H groups in total. The summed E-state index contributed by atoms with van der Waals surface area (Å²) in [5, 5.41) is 1.04. The first kappa shape index (κ1) is 22.9. The van der Waals surface area contributed by atoms with Crippen LogP contribution in [-0.2, 0) is 4.74 Å². The number of hydrogen-bond donors (Lipinski definition) is 1. The number of rotatable bonds is 5. The Kier molecular flexibility index (Phi) is 6.32. The first-order valence-electron chi connectivity index (χ1n) is 11.6. The van der Waals surface area contributed by atoms with Gasteiger partial charge in [0.25, 0.3) is 0 Å². The van der Waals surface area contributed by atoms with Gasteiger partial charge in [0.05, 0.1) is 23.9 Å². The van der Waals surface area contributed by atoms with E-state index in [0.717, 1.165) is 30.5 Å². The van der Waals surface area contributed by atoms with Crippen molar-refractivity contribution in [3.05, 3.63) is 64.5 Å². The number of aryl methyl sites for hydroxylation is 1. The quantitative estimate of drug-likeness (QED) is 0.487. The molecule has 1 saturated heterocycles. The minimum Gasteiger partial charge on any atom is -0.404 e. The number of nitrogens with two attached hydrogens (primary N) is 1. The van der Waals surface area contributed by atoms with Crippen LogP contribution >= 0.6 is 11.6 Å². The van der Waals surface area contributed by atoms with E-state index in [1.54, 1.807) is 18.3 Å². The van der Waals surface area contributed by atoms with Crippen molar-refractivity contribution in [1.29, 1.82) is 0 Å². The molecule has 8 heteroatoms. The van der Waals surface area contributed by atoms with Gasteiger partial charge in [0.1, 0.15) is 11.6 Å². The van der Waals surface area contributed by atoms with Crippen LogP contribution in [0.5, 0.6) is 0 Å².